The third-order valence-corrected chi connectivity index (χ3v) is 6.23. The van der Waals surface area contributed by atoms with Crippen LogP contribution in [0.5, 0.6) is 11.5 Å². The fraction of sp³-hybridized carbons (Fsp3) is 0.650. The Balaban J connectivity index is 1.50. The number of likely N-dealkylation sites (tertiary alicyclic amines) is 1. The molecule has 5 heteroatoms. The van der Waals surface area contributed by atoms with Crippen molar-refractivity contribution in [1.82, 2.24) is 4.90 Å². The molecule has 0 bridgehead atoms. The molecule has 25 heavy (non-hydrogen) atoms. The zero-order valence-corrected chi connectivity index (χ0v) is 14.8. The highest BCUT2D eigenvalue weighted by molar-refractivity contribution is 5.78. The number of carbonyl (C=O) groups excluding carboxylic acids is 1. The van der Waals surface area contributed by atoms with Gasteiger partial charge in [-0.05, 0) is 55.3 Å². The van der Waals surface area contributed by atoms with Gasteiger partial charge in [0.15, 0.2) is 11.5 Å². The van der Waals surface area contributed by atoms with Crippen molar-refractivity contribution >= 4 is 5.91 Å². The van der Waals surface area contributed by atoms with Crippen LogP contribution in [0.2, 0.25) is 0 Å². The van der Waals surface area contributed by atoms with Crippen LogP contribution in [0, 0.1) is 5.41 Å². The molecule has 1 atom stereocenters. The molecule has 2 N–H and O–H groups in total. The summed E-state index contributed by atoms with van der Waals surface area (Å²) in [5, 5.41) is 0. The van der Waals surface area contributed by atoms with Crippen LogP contribution in [-0.2, 0) is 4.79 Å². The Hall–Kier alpha value is -1.75. The summed E-state index contributed by atoms with van der Waals surface area (Å²) in [6.07, 6.45) is 8.55. The number of ether oxygens (including phenoxy) is 2. The Labute approximate surface area is 149 Å². The molecule has 1 saturated carbocycles. The van der Waals surface area contributed by atoms with Gasteiger partial charge in [-0.1, -0.05) is 25.3 Å². The predicted octanol–water partition coefficient (Wildman–Crippen LogP) is 3.38. The van der Waals surface area contributed by atoms with Crippen LogP contribution in [0.4, 0.5) is 0 Å². The van der Waals surface area contributed by atoms with E-state index in [1.165, 1.54) is 19.3 Å². The van der Waals surface area contributed by atoms with Gasteiger partial charge in [0.05, 0.1) is 6.04 Å². The minimum atomic E-state index is 0.0252. The SMILES string of the molecule is NCC1(CC(=O)N2CCCC2c2ccc3c(c2)OCO3)CCCCC1. The van der Waals surface area contributed by atoms with E-state index >= 15 is 0 Å². The van der Waals surface area contributed by atoms with E-state index in [1.807, 2.05) is 12.1 Å². The van der Waals surface area contributed by atoms with Crippen LogP contribution in [-0.4, -0.2) is 30.7 Å². The molecular formula is C20H28N2O3. The summed E-state index contributed by atoms with van der Waals surface area (Å²) in [6, 6.07) is 6.22. The Morgan fingerprint density at radius 2 is 1.96 bits per heavy atom. The lowest BCUT2D eigenvalue weighted by Gasteiger charge is -2.37. The minimum Gasteiger partial charge on any atom is -0.454 e. The first-order valence-electron chi connectivity index (χ1n) is 9.60. The fourth-order valence-electron chi connectivity index (χ4n) is 4.71. The van der Waals surface area contributed by atoms with E-state index in [4.69, 9.17) is 15.2 Å². The van der Waals surface area contributed by atoms with Gasteiger partial charge in [-0.3, -0.25) is 4.79 Å². The fourth-order valence-corrected chi connectivity index (χ4v) is 4.71. The molecule has 2 aliphatic heterocycles. The number of nitrogens with zero attached hydrogens (tertiary/aromatic N) is 1. The molecule has 1 aliphatic carbocycles. The van der Waals surface area contributed by atoms with Crippen molar-refractivity contribution in [2.24, 2.45) is 11.1 Å². The third kappa shape index (κ3) is 3.22. The lowest BCUT2D eigenvalue weighted by molar-refractivity contribution is -0.135. The molecular weight excluding hydrogens is 316 g/mol. The number of nitrogens with two attached hydrogens (primary N) is 1. The molecule has 1 amide bonds. The predicted molar refractivity (Wildman–Crippen MR) is 95.4 cm³/mol. The molecule has 2 heterocycles. The molecule has 2 fully saturated rings. The maximum Gasteiger partial charge on any atom is 0.231 e. The van der Waals surface area contributed by atoms with Gasteiger partial charge in [-0.15, -0.1) is 0 Å². The van der Waals surface area contributed by atoms with Gasteiger partial charge in [-0.25, -0.2) is 0 Å². The molecule has 0 spiro atoms. The lowest BCUT2D eigenvalue weighted by Crippen LogP contribution is -2.40. The minimum absolute atomic E-state index is 0.0252. The van der Waals surface area contributed by atoms with E-state index < -0.39 is 0 Å². The maximum atomic E-state index is 13.1. The Kier molecular flexibility index (Phi) is 4.59. The number of hydrogen-bond acceptors (Lipinski definition) is 4. The highest BCUT2D eigenvalue weighted by Gasteiger charge is 2.38. The normalized spacial score (nSPS) is 24.5. The lowest BCUT2D eigenvalue weighted by atomic mass is 9.71. The number of benzene rings is 1. The van der Waals surface area contributed by atoms with Crippen LogP contribution in [0.1, 0.15) is 63.0 Å². The highest BCUT2D eigenvalue weighted by atomic mass is 16.7. The van der Waals surface area contributed by atoms with Crippen molar-refractivity contribution in [1.29, 1.82) is 0 Å². The summed E-state index contributed by atoms with van der Waals surface area (Å²) in [6.45, 7) is 1.75. The Morgan fingerprint density at radius 3 is 2.76 bits per heavy atom. The molecule has 0 radical (unpaired) electrons. The van der Waals surface area contributed by atoms with Gasteiger partial charge >= 0.3 is 0 Å². The largest absolute Gasteiger partial charge is 0.454 e. The maximum absolute atomic E-state index is 13.1. The molecule has 3 aliphatic rings. The average molecular weight is 344 g/mol. The van der Waals surface area contributed by atoms with E-state index in [9.17, 15) is 4.79 Å². The van der Waals surface area contributed by atoms with E-state index in [0.29, 0.717) is 13.0 Å². The number of hydrogen-bond donors (Lipinski definition) is 1. The summed E-state index contributed by atoms with van der Waals surface area (Å²) in [4.78, 5) is 15.2. The molecule has 0 aromatic heterocycles. The van der Waals surface area contributed by atoms with Crippen LogP contribution in [0.15, 0.2) is 18.2 Å². The van der Waals surface area contributed by atoms with Gasteiger partial charge in [0.2, 0.25) is 12.7 Å². The summed E-state index contributed by atoms with van der Waals surface area (Å²) in [7, 11) is 0. The van der Waals surface area contributed by atoms with E-state index in [0.717, 1.165) is 49.3 Å². The third-order valence-electron chi connectivity index (χ3n) is 6.23. The molecule has 1 unspecified atom stereocenters. The zero-order chi connectivity index (χ0) is 17.3. The van der Waals surface area contributed by atoms with Crippen LogP contribution in [0.25, 0.3) is 0 Å². The average Bonchev–Trinajstić information content (AvgIpc) is 3.31. The highest BCUT2D eigenvalue weighted by Crippen LogP contribution is 2.42. The van der Waals surface area contributed by atoms with Crippen molar-refractivity contribution in [3.63, 3.8) is 0 Å². The molecule has 1 saturated heterocycles. The first-order chi connectivity index (χ1) is 12.2. The number of amides is 1. The Morgan fingerprint density at radius 1 is 1.16 bits per heavy atom. The van der Waals surface area contributed by atoms with Gasteiger partial charge in [0, 0.05) is 13.0 Å². The van der Waals surface area contributed by atoms with Gasteiger partial charge < -0.3 is 20.1 Å². The van der Waals surface area contributed by atoms with Gasteiger partial charge in [-0.2, -0.15) is 0 Å². The second-order valence-corrected chi connectivity index (χ2v) is 7.80. The van der Waals surface area contributed by atoms with E-state index in [2.05, 4.69) is 11.0 Å². The molecule has 4 rings (SSSR count). The molecule has 1 aromatic rings. The standard InChI is InChI=1S/C20H28N2O3/c21-13-20(8-2-1-3-9-20)12-19(23)22-10-4-5-16(22)15-6-7-17-18(11-15)25-14-24-17/h6-7,11,16H,1-5,8-10,12-14,21H2. The second-order valence-electron chi connectivity index (χ2n) is 7.80. The quantitative estimate of drug-likeness (QED) is 0.909. The number of carbonyl (C=O) groups is 1. The van der Waals surface area contributed by atoms with Crippen LogP contribution in [0.3, 0.4) is 0 Å². The number of rotatable bonds is 4. The molecule has 5 nitrogen and oxygen atoms in total. The van der Waals surface area contributed by atoms with Crippen molar-refractivity contribution in [2.45, 2.75) is 57.4 Å². The summed E-state index contributed by atoms with van der Waals surface area (Å²) in [5.41, 5.74) is 7.27. The van der Waals surface area contributed by atoms with Crippen molar-refractivity contribution in [3.8, 4) is 11.5 Å². The summed E-state index contributed by atoms with van der Waals surface area (Å²) >= 11 is 0. The summed E-state index contributed by atoms with van der Waals surface area (Å²) < 4.78 is 10.9. The monoisotopic (exact) mass is 344 g/mol. The first-order valence-corrected chi connectivity index (χ1v) is 9.60. The second kappa shape index (κ2) is 6.87. The van der Waals surface area contributed by atoms with E-state index in [-0.39, 0.29) is 24.2 Å². The first kappa shape index (κ1) is 16.7. The zero-order valence-electron chi connectivity index (χ0n) is 14.8. The number of fused-ring (bicyclic) bond motifs is 1. The topological polar surface area (TPSA) is 64.8 Å². The van der Waals surface area contributed by atoms with Crippen molar-refractivity contribution < 1.29 is 14.3 Å². The van der Waals surface area contributed by atoms with Gasteiger partial charge in [0.1, 0.15) is 0 Å². The van der Waals surface area contributed by atoms with Crippen molar-refractivity contribution in [2.75, 3.05) is 19.9 Å². The van der Waals surface area contributed by atoms with Crippen molar-refractivity contribution in [3.05, 3.63) is 23.8 Å². The summed E-state index contributed by atoms with van der Waals surface area (Å²) in [5.74, 6) is 1.86. The smallest absolute Gasteiger partial charge is 0.231 e. The van der Waals surface area contributed by atoms with Crippen LogP contribution < -0.4 is 15.2 Å². The van der Waals surface area contributed by atoms with Crippen LogP contribution >= 0.6 is 0 Å². The Bertz CT molecular complexity index is 640. The van der Waals surface area contributed by atoms with Gasteiger partial charge in [0.25, 0.3) is 0 Å². The van der Waals surface area contributed by atoms with E-state index in [1.54, 1.807) is 0 Å². The molecule has 1 aromatic carbocycles. The molecule has 136 valence electrons.